The number of nitrogens with zero attached hydrogens (tertiary/aromatic N) is 1. The topological polar surface area (TPSA) is 69.4 Å². The Kier molecular flexibility index (Phi) is 3.00. The first-order chi connectivity index (χ1) is 9.48. The molecular formula is C15H17NO4. The van der Waals surface area contributed by atoms with E-state index in [-0.39, 0.29) is 17.3 Å². The molecule has 2 saturated carbocycles. The summed E-state index contributed by atoms with van der Waals surface area (Å²) in [5.41, 5.74) is -0.00538. The smallest absolute Gasteiger partial charge is 0.338 e. The summed E-state index contributed by atoms with van der Waals surface area (Å²) in [6, 6.07) is 5.58. The lowest BCUT2D eigenvalue weighted by Gasteiger charge is -2.33. The molecule has 0 unspecified atom stereocenters. The average molecular weight is 275 g/mol. The molecule has 1 aromatic carbocycles. The van der Waals surface area contributed by atoms with Crippen molar-refractivity contribution in [3.63, 3.8) is 0 Å². The lowest BCUT2D eigenvalue weighted by Crippen LogP contribution is -2.37. The molecule has 2 aliphatic rings. The van der Waals surface area contributed by atoms with E-state index in [4.69, 9.17) is 4.74 Å². The van der Waals surface area contributed by atoms with E-state index in [9.17, 15) is 14.9 Å². The van der Waals surface area contributed by atoms with Gasteiger partial charge in [-0.2, -0.15) is 0 Å². The minimum atomic E-state index is -0.480. The predicted octanol–water partition coefficient (Wildman–Crippen LogP) is 3.33. The van der Waals surface area contributed by atoms with Gasteiger partial charge in [0, 0.05) is 12.1 Å². The van der Waals surface area contributed by atoms with E-state index in [0.29, 0.717) is 17.4 Å². The number of carbonyl (C=O) groups excluding carboxylic acids is 1. The summed E-state index contributed by atoms with van der Waals surface area (Å²) in [6.07, 6.45) is 4.48. The van der Waals surface area contributed by atoms with Gasteiger partial charge in [0.25, 0.3) is 5.69 Å². The molecule has 2 aliphatic carbocycles. The van der Waals surface area contributed by atoms with Crippen LogP contribution in [0.5, 0.6) is 0 Å². The van der Waals surface area contributed by atoms with Crippen molar-refractivity contribution >= 4 is 11.7 Å². The molecule has 0 N–H and O–H groups in total. The molecule has 2 fully saturated rings. The lowest BCUT2D eigenvalue weighted by molar-refractivity contribution is -0.384. The van der Waals surface area contributed by atoms with Crippen LogP contribution in [0.25, 0.3) is 0 Å². The first-order valence-corrected chi connectivity index (χ1v) is 6.96. The van der Waals surface area contributed by atoms with Crippen LogP contribution in [-0.2, 0) is 4.74 Å². The van der Waals surface area contributed by atoms with Crippen molar-refractivity contribution in [3.05, 3.63) is 39.9 Å². The zero-order valence-electron chi connectivity index (χ0n) is 11.4. The molecule has 2 bridgehead atoms. The van der Waals surface area contributed by atoms with Crippen LogP contribution in [0, 0.1) is 22.0 Å². The van der Waals surface area contributed by atoms with Gasteiger partial charge in [0.1, 0.15) is 5.60 Å². The number of non-ortho nitro benzene ring substituents is 1. The summed E-state index contributed by atoms with van der Waals surface area (Å²) >= 11 is 0. The standard InChI is InChI=1S/C15H17NO4/c1-15(9-10-2-5-12(15)8-10)20-14(17)11-3-6-13(7-4-11)16(18)19/h3-4,6-7,10,12H,2,5,8-9H2,1H3/t10-,12-,15+/m1/s1. The van der Waals surface area contributed by atoms with E-state index in [1.54, 1.807) is 0 Å². The van der Waals surface area contributed by atoms with E-state index < -0.39 is 4.92 Å². The van der Waals surface area contributed by atoms with Crippen LogP contribution in [0.2, 0.25) is 0 Å². The summed E-state index contributed by atoms with van der Waals surface area (Å²) in [7, 11) is 0. The quantitative estimate of drug-likeness (QED) is 0.482. The maximum Gasteiger partial charge on any atom is 0.338 e. The Labute approximate surface area is 117 Å². The number of nitro groups is 1. The van der Waals surface area contributed by atoms with Gasteiger partial charge < -0.3 is 4.74 Å². The third-order valence-electron chi connectivity index (χ3n) is 4.74. The molecule has 0 aliphatic heterocycles. The first kappa shape index (κ1) is 13.1. The number of hydrogen-bond acceptors (Lipinski definition) is 4. The Bertz CT molecular complexity index is 553. The number of esters is 1. The molecule has 3 atom stereocenters. The summed E-state index contributed by atoms with van der Waals surface area (Å²) in [5, 5.41) is 10.6. The maximum absolute atomic E-state index is 12.2. The van der Waals surface area contributed by atoms with E-state index in [1.165, 1.54) is 30.7 Å². The van der Waals surface area contributed by atoms with Crippen molar-refractivity contribution in [2.75, 3.05) is 0 Å². The second-order valence-corrected chi connectivity index (χ2v) is 6.09. The molecule has 0 saturated heterocycles. The third kappa shape index (κ3) is 2.17. The van der Waals surface area contributed by atoms with Crippen LogP contribution in [0.15, 0.2) is 24.3 Å². The number of ether oxygens (including phenoxy) is 1. The Morgan fingerprint density at radius 1 is 1.35 bits per heavy atom. The molecule has 5 nitrogen and oxygen atoms in total. The highest BCUT2D eigenvalue weighted by Crippen LogP contribution is 2.52. The molecule has 20 heavy (non-hydrogen) atoms. The Morgan fingerprint density at radius 3 is 2.55 bits per heavy atom. The zero-order valence-corrected chi connectivity index (χ0v) is 11.4. The summed E-state index contributed by atoms with van der Waals surface area (Å²) in [4.78, 5) is 22.3. The molecule has 0 radical (unpaired) electrons. The van der Waals surface area contributed by atoms with E-state index >= 15 is 0 Å². The normalized spacial score (nSPS) is 31.2. The van der Waals surface area contributed by atoms with E-state index in [0.717, 1.165) is 19.3 Å². The molecule has 1 aromatic rings. The number of carbonyl (C=O) groups is 1. The predicted molar refractivity (Wildman–Crippen MR) is 72.4 cm³/mol. The fourth-order valence-corrected chi connectivity index (χ4v) is 3.67. The Balaban J connectivity index is 1.72. The van der Waals surface area contributed by atoms with Gasteiger partial charge in [0.15, 0.2) is 0 Å². The summed E-state index contributed by atoms with van der Waals surface area (Å²) in [5.74, 6) is 0.777. The van der Waals surface area contributed by atoms with Crippen LogP contribution in [0.4, 0.5) is 5.69 Å². The number of rotatable bonds is 3. The minimum absolute atomic E-state index is 0.0207. The molecular weight excluding hydrogens is 258 g/mol. The fourth-order valence-electron chi connectivity index (χ4n) is 3.67. The van der Waals surface area contributed by atoms with Gasteiger partial charge in [0.05, 0.1) is 10.5 Å². The van der Waals surface area contributed by atoms with Crippen LogP contribution in [0.3, 0.4) is 0 Å². The van der Waals surface area contributed by atoms with Crippen LogP contribution in [0.1, 0.15) is 43.0 Å². The van der Waals surface area contributed by atoms with Gasteiger partial charge in [-0.05, 0) is 56.6 Å². The van der Waals surface area contributed by atoms with E-state index in [1.807, 2.05) is 6.92 Å². The van der Waals surface area contributed by atoms with Crippen molar-refractivity contribution in [1.82, 2.24) is 0 Å². The number of benzene rings is 1. The van der Waals surface area contributed by atoms with Gasteiger partial charge >= 0.3 is 5.97 Å². The van der Waals surface area contributed by atoms with Crippen molar-refractivity contribution in [2.24, 2.45) is 11.8 Å². The molecule has 3 rings (SSSR count). The monoisotopic (exact) mass is 275 g/mol. The third-order valence-corrected chi connectivity index (χ3v) is 4.74. The van der Waals surface area contributed by atoms with Gasteiger partial charge in [-0.25, -0.2) is 4.79 Å². The van der Waals surface area contributed by atoms with Gasteiger partial charge in [-0.15, -0.1) is 0 Å². The van der Waals surface area contributed by atoms with Crippen molar-refractivity contribution in [3.8, 4) is 0 Å². The van der Waals surface area contributed by atoms with Crippen LogP contribution in [-0.4, -0.2) is 16.5 Å². The number of nitro benzene ring substituents is 1. The van der Waals surface area contributed by atoms with Gasteiger partial charge in [-0.1, -0.05) is 0 Å². The van der Waals surface area contributed by atoms with Gasteiger partial charge in [0.2, 0.25) is 0 Å². The van der Waals surface area contributed by atoms with Crippen molar-refractivity contribution < 1.29 is 14.5 Å². The van der Waals surface area contributed by atoms with Crippen LogP contribution < -0.4 is 0 Å². The fraction of sp³-hybridized carbons (Fsp3) is 0.533. The molecule has 0 heterocycles. The Hall–Kier alpha value is -1.91. The highest BCUT2D eigenvalue weighted by Gasteiger charge is 2.50. The van der Waals surface area contributed by atoms with Crippen LogP contribution >= 0.6 is 0 Å². The zero-order chi connectivity index (χ0) is 14.3. The molecule has 0 aromatic heterocycles. The summed E-state index contributed by atoms with van der Waals surface area (Å²) in [6.45, 7) is 2.01. The maximum atomic E-state index is 12.2. The lowest BCUT2D eigenvalue weighted by atomic mass is 9.85. The van der Waals surface area contributed by atoms with Crippen molar-refractivity contribution in [2.45, 2.75) is 38.2 Å². The first-order valence-electron chi connectivity index (χ1n) is 6.96. The molecule has 0 amide bonds. The molecule has 0 spiro atoms. The molecule has 106 valence electrons. The number of fused-ring (bicyclic) bond motifs is 2. The second-order valence-electron chi connectivity index (χ2n) is 6.09. The minimum Gasteiger partial charge on any atom is -0.455 e. The summed E-state index contributed by atoms with van der Waals surface area (Å²) < 4.78 is 5.71. The highest BCUT2D eigenvalue weighted by atomic mass is 16.6. The number of hydrogen-bond donors (Lipinski definition) is 0. The van der Waals surface area contributed by atoms with Crippen molar-refractivity contribution in [1.29, 1.82) is 0 Å². The van der Waals surface area contributed by atoms with Gasteiger partial charge in [-0.3, -0.25) is 10.1 Å². The average Bonchev–Trinajstić information content (AvgIpc) is 2.98. The Morgan fingerprint density at radius 2 is 2.05 bits per heavy atom. The molecule has 5 heteroatoms. The second kappa shape index (κ2) is 4.58. The SMILES string of the molecule is C[C@]1(OC(=O)c2ccc([N+](=O)[O-])cc2)C[C@@H]2CC[C@@H]1C2. The van der Waals surface area contributed by atoms with E-state index in [2.05, 4.69) is 0 Å². The largest absolute Gasteiger partial charge is 0.455 e. The highest BCUT2D eigenvalue weighted by molar-refractivity contribution is 5.90.